The van der Waals surface area contributed by atoms with Crippen molar-refractivity contribution in [1.82, 2.24) is 14.5 Å². The molecule has 0 unspecified atom stereocenters. The van der Waals surface area contributed by atoms with Crippen molar-refractivity contribution in [2.24, 2.45) is 0 Å². The van der Waals surface area contributed by atoms with Gasteiger partial charge in [-0.3, -0.25) is 14.3 Å². The highest BCUT2D eigenvalue weighted by Crippen LogP contribution is 2.37. The highest BCUT2D eigenvalue weighted by molar-refractivity contribution is 7.73. The van der Waals surface area contributed by atoms with E-state index in [4.69, 9.17) is 32.2 Å². The van der Waals surface area contributed by atoms with Crippen molar-refractivity contribution in [3.63, 3.8) is 0 Å². The lowest BCUT2D eigenvalue weighted by Gasteiger charge is -2.19. The number of rotatable bonds is 6. The quantitative estimate of drug-likeness (QED) is 0.277. The van der Waals surface area contributed by atoms with Gasteiger partial charge in [0, 0.05) is 0 Å². The molecule has 2 aromatic carbocycles. The molecule has 3 heterocycles. The van der Waals surface area contributed by atoms with Gasteiger partial charge in [0.05, 0.1) is 11.1 Å². The van der Waals surface area contributed by atoms with Gasteiger partial charge in [-0.2, -0.15) is 4.98 Å². The fourth-order valence-corrected chi connectivity index (χ4v) is 5.21. The minimum Gasteiger partial charge on any atom is -0.459 e. The first-order chi connectivity index (χ1) is 17.8. The Morgan fingerprint density at radius 3 is 2.38 bits per heavy atom. The third-order valence-electron chi connectivity index (χ3n) is 5.65. The Hall–Kier alpha value is -3.94. The number of anilines is 1. The van der Waals surface area contributed by atoms with Crippen LogP contribution in [0.15, 0.2) is 65.5 Å². The number of carbonyl (C=O) groups is 2. The molecule has 4 atom stereocenters. The van der Waals surface area contributed by atoms with Gasteiger partial charge in [0.2, 0.25) is 5.95 Å². The number of carbonyl (C=O) groups excluding carboxylic acids is 2. The average Bonchev–Trinajstić information content (AvgIpc) is 3.39. The maximum absolute atomic E-state index is 15.9. The van der Waals surface area contributed by atoms with E-state index in [1.807, 2.05) is 0 Å². The number of aromatic amines is 1. The first kappa shape index (κ1) is 24.7. The van der Waals surface area contributed by atoms with Crippen LogP contribution < -0.4 is 11.3 Å². The number of thiazole rings is 1. The summed E-state index contributed by atoms with van der Waals surface area (Å²) in [7, 11) is 0. The van der Waals surface area contributed by atoms with Crippen LogP contribution in [0.5, 0.6) is 0 Å². The zero-order valence-corrected chi connectivity index (χ0v) is 20.5. The summed E-state index contributed by atoms with van der Waals surface area (Å²) in [6.45, 7) is -0.414. The molecule has 1 saturated heterocycles. The number of benzene rings is 2. The van der Waals surface area contributed by atoms with Gasteiger partial charge in [0.1, 0.15) is 17.4 Å². The zero-order chi connectivity index (χ0) is 26.1. The Kier molecular flexibility index (Phi) is 6.82. The summed E-state index contributed by atoms with van der Waals surface area (Å²) >= 11 is 6.27. The van der Waals surface area contributed by atoms with Crippen LogP contribution in [0.1, 0.15) is 26.9 Å². The summed E-state index contributed by atoms with van der Waals surface area (Å²) < 4.78 is 34.2. The molecular weight excluding hydrogens is 523 g/mol. The molecule has 0 amide bonds. The van der Waals surface area contributed by atoms with E-state index in [1.165, 1.54) is 16.7 Å². The normalized spacial score (nSPS) is 21.1. The minimum absolute atomic E-state index is 0.0268. The maximum Gasteiger partial charge on any atom is 0.338 e. The van der Waals surface area contributed by atoms with Crippen molar-refractivity contribution in [2.75, 3.05) is 12.3 Å². The number of halogens is 1. The summed E-state index contributed by atoms with van der Waals surface area (Å²) in [4.78, 5) is 44.0. The van der Waals surface area contributed by atoms with Gasteiger partial charge in [-0.25, -0.2) is 14.0 Å². The molecule has 0 radical (unpaired) electrons. The molecule has 4 aromatic rings. The third-order valence-corrected chi connectivity index (χ3v) is 7.04. The number of H-pyrrole nitrogens is 1. The second kappa shape index (κ2) is 10.2. The average molecular weight is 543 g/mol. The van der Waals surface area contributed by atoms with Gasteiger partial charge in [-0.05, 0) is 36.5 Å². The van der Waals surface area contributed by atoms with Crippen molar-refractivity contribution in [1.29, 1.82) is 0 Å². The van der Waals surface area contributed by atoms with E-state index in [1.54, 1.807) is 48.5 Å². The lowest BCUT2D eigenvalue weighted by Crippen LogP contribution is -2.37. The maximum atomic E-state index is 15.9. The molecule has 0 aliphatic carbocycles. The number of ether oxygens (including phenoxy) is 3. The van der Waals surface area contributed by atoms with Crippen molar-refractivity contribution < 1.29 is 28.2 Å². The topological polar surface area (TPSA) is 139 Å². The Balaban J connectivity index is 1.46. The molecule has 1 aliphatic rings. The number of nitrogens with one attached hydrogen (secondary N) is 1. The molecule has 3 N–H and O–H groups in total. The lowest BCUT2D eigenvalue weighted by molar-refractivity contribution is -0.0570. The fraction of sp³-hybridized carbons (Fsp3) is 0.208. The summed E-state index contributed by atoms with van der Waals surface area (Å²) in [5.41, 5.74) is 5.67. The molecule has 0 saturated carbocycles. The molecule has 2 aromatic heterocycles. The van der Waals surface area contributed by atoms with Gasteiger partial charge < -0.3 is 19.9 Å². The summed E-state index contributed by atoms with van der Waals surface area (Å²) in [6, 6.07) is 16.3. The molecule has 0 bridgehead atoms. The molecule has 0 spiro atoms. The van der Waals surface area contributed by atoms with Crippen LogP contribution in [-0.4, -0.2) is 51.5 Å². The zero-order valence-electron chi connectivity index (χ0n) is 18.9. The van der Waals surface area contributed by atoms with E-state index < -0.39 is 48.7 Å². The lowest BCUT2D eigenvalue weighted by atomic mass is 10.1. The number of hydrogen-bond acceptors (Lipinski definition) is 10. The van der Waals surface area contributed by atoms with Crippen LogP contribution in [-0.2, 0) is 14.2 Å². The Labute approximate surface area is 217 Å². The predicted molar refractivity (Wildman–Crippen MR) is 135 cm³/mol. The van der Waals surface area contributed by atoms with Crippen LogP contribution in [0.4, 0.5) is 10.3 Å². The largest absolute Gasteiger partial charge is 0.459 e. The van der Waals surface area contributed by atoms with Crippen LogP contribution in [0.2, 0.25) is 0 Å². The van der Waals surface area contributed by atoms with E-state index in [-0.39, 0.29) is 31.4 Å². The number of esters is 2. The van der Waals surface area contributed by atoms with Gasteiger partial charge >= 0.3 is 11.9 Å². The second-order valence-corrected chi connectivity index (χ2v) is 9.70. The van der Waals surface area contributed by atoms with Crippen molar-refractivity contribution in [3.05, 3.63) is 86.1 Å². The van der Waals surface area contributed by atoms with Crippen LogP contribution in [0.25, 0.3) is 10.3 Å². The van der Waals surface area contributed by atoms with Gasteiger partial charge in [0.15, 0.2) is 28.1 Å². The van der Waals surface area contributed by atoms with E-state index in [0.717, 1.165) is 11.3 Å². The van der Waals surface area contributed by atoms with E-state index in [0.29, 0.717) is 0 Å². The van der Waals surface area contributed by atoms with Crippen molar-refractivity contribution >= 4 is 51.8 Å². The Bertz CT molecular complexity index is 1570. The van der Waals surface area contributed by atoms with Crippen molar-refractivity contribution in [2.45, 2.75) is 24.6 Å². The van der Waals surface area contributed by atoms with E-state index in [9.17, 15) is 14.4 Å². The third kappa shape index (κ3) is 4.88. The molecule has 190 valence electrons. The second-order valence-electron chi connectivity index (χ2n) is 8.05. The standard InChI is InChI=1S/C24H19FN4O6S2/c25-15-16(35-22(32)13-9-5-2-6-10-13)14(11-33-21(31)12-7-3-1-4-8-12)34-20(15)29-18-17(37-24(29)36)19(30)28-23(26)27-18/h1-10,14-16,20H,11H2,(H3,26,27,28,30)/t14-,15-,16-,20-/m1/s1. The first-order valence-electron chi connectivity index (χ1n) is 11.0. The molecule has 1 fully saturated rings. The summed E-state index contributed by atoms with van der Waals surface area (Å²) in [5, 5.41) is 0. The molecule has 5 rings (SSSR count). The number of fused-ring (bicyclic) bond motifs is 1. The van der Waals surface area contributed by atoms with Gasteiger partial charge in [-0.1, -0.05) is 47.7 Å². The number of nitrogens with two attached hydrogens (primary N) is 1. The molecule has 13 heteroatoms. The summed E-state index contributed by atoms with van der Waals surface area (Å²) in [5.74, 6) is -1.63. The molecule has 10 nitrogen and oxygen atoms in total. The minimum atomic E-state index is -1.94. The Morgan fingerprint density at radius 1 is 1.11 bits per heavy atom. The molecule has 1 aliphatic heterocycles. The van der Waals surface area contributed by atoms with Gasteiger partial charge in [-0.15, -0.1) is 0 Å². The molecular formula is C24H19FN4O6S2. The number of hydrogen-bond donors (Lipinski definition) is 2. The number of alkyl halides is 1. The Morgan fingerprint density at radius 2 is 1.73 bits per heavy atom. The number of nitrogens with zero attached hydrogens (tertiary/aromatic N) is 2. The van der Waals surface area contributed by atoms with Gasteiger partial charge in [0.25, 0.3) is 5.56 Å². The SMILES string of the molecule is Nc1nc2c(sc(=S)n2[C@@H]2O[C@H](COC(=O)c3ccccc3)[C@@H](OC(=O)c3ccccc3)[C@H]2F)c(=O)[nH]1. The smallest absolute Gasteiger partial charge is 0.338 e. The van der Waals surface area contributed by atoms with Crippen LogP contribution in [0, 0.1) is 3.95 Å². The van der Waals surface area contributed by atoms with E-state index in [2.05, 4.69) is 9.97 Å². The van der Waals surface area contributed by atoms with Crippen LogP contribution in [0.3, 0.4) is 0 Å². The summed E-state index contributed by atoms with van der Waals surface area (Å²) in [6.07, 6.45) is -6.02. The number of nitrogen functional groups attached to an aromatic ring is 1. The van der Waals surface area contributed by atoms with Crippen molar-refractivity contribution in [3.8, 4) is 0 Å². The van der Waals surface area contributed by atoms with E-state index >= 15 is 4.39 Å². The monoisotopic (exact) mass is 542 g/mol. The molecule has 37 heavy (non-hydrogen) atoms. The fourth-order valence-electron chi connectivity index (χ4n) is 3.93. The predicted octanol–water partition coefficient (Wildman–Crippen LogP) is 3.42. The van der Waals surface area contributed by atoms with Crippen LogP contribution >= 0.6 is 23.6 Å². The number of aromatic nitrogens is 3. The highest BCUT2D eigenvalue weighted by atomic mass is 32.1. The highest BCUT2D eigenvalue weighted by Gasteiger charge is 2.50. The first-order valence-corrected chi connectivity index (χ1v) is 12.2.